The second-order valence-electron chi connectivity index (χ2n) is 8.15. The molecule has 0 aliphatic rings. The molecule has 0 bridgehead atoms. The van der Waals surface area contributed by atoms with Crippen LogP contribution in [0.25, 0.3) is 0 Å². The lowest BCUT2D eigenvalue weighted by molar-refractivity contribution is -0.120. The van der Waals surface area contributed by atoms with Crippen molar-refractivity contribution in [1.29, 1.82) is 0 Å². The fraction of sp³-hybridized carbons (Fsp3) is 0.296. The van der Waals surface area contributed by atoms with Crippen LogP contribution in [-0.2, 0) is 14.8 Å². The molecular weight excluding hydrogens is 480 g/mol. The molecule has 192 valence electrons. The molecule has 0 saturated carbocycles. The van der Waals surface area contributed by atoms with E-state index in [9.17, 15) is 13.2 Å². The average Bonchev–Trinajstić information content (AvgIpc) is 2.87. The van der Waals surface area contributed by atoms with Crippen molar-refractivity contribution < 1.29 is 27.4 Å². The van der Waals surface area contributed by atoms with Crippen molar-refractivity contribution in [3.8, 4) is 17.2 Å². The van der Waals surface area contributed by atoms with Gasteiger partial charge in [0.25, 0.3) is 10.0 Å². The van der Waals surface area contributed by atoms with E-state index < -0.39 is 22.5 Å². The number of nitrogens with zero attached hydrogens (tertiary/aromatic N) is 1. The third-order valence-corrected chi connectivity index (χ3v) is 7.39. The fourth-order valence-electron chi connectivity index (χ4n) is 3.65. The van der Waals surface area contributed by atoms with Crippen molar-refractivity contribution in [3.63, 3.8) is 0 Å². The molecule has 1 unspecified atom stereocenters. The maximum Gasteiger partial charge on any atom is 0.264 e. The van der Waals surface area contributed by atoms with Crippen LogP contribution < -0.4 is 23.8 Å². The summed E-state index contributed by atoms with van der Waals surface area (Å²) >= 11 is 0. The van der Waals surface area contributed by atoms with Crippen molar-refractivity contribution in [3.05, 3.63) is 77.9 Å². The molecule has 1 amide bonds. The van der Waals surface area contributed by atoms with Crippen LogP contribution in [0.5, 0.6) is 17.2 Å². The molecule has 0 aromatic heterocycles. The van der Waals surface area contributed by atoms with Crippen LogP contribution in [0.1, 0.15) is 31.0 Å². The first-order chi connectivity index (χ1) is 17.2. The van der Waals surface area contributed by atoms with Crippen molar-refractivity contribution in [2.75, 3.05) is 31.7 Å². The van der Waals surface area contributed by atoms with Gasteiger partial charge in [0.2, 0.25) is 5.91 Å². The molecule has 0 spiro atoms. The molecule has 36 heavy (non-hydrogen) atoms. The van der Waals surface area contributed by atoms with Gasteiger partial charge < -0.3 is 19.5 Å². The van der Waals surface area contributed by atoms with Gasteiger partial charge in [0.05, 0.1) is 37.5 Å². The summed E-state index contributed by atoms with van der Waals surface area (Å²) in [6, 6.07) is 18.3. The minimum absolute atomic E-state index is 0.0605. The molecule has 0 radical (unpaired) electrons. The van der Waals surface area contributed by atoms with Gasteiger partial charge in [-0.3, -0.25) is 9.10 Å². The Labute approximate surface area is 212 Å². The van der Waals surface area contributed by atoms with E-state index in [2.05, 4.69) is 5.32 Å². The van der Waals surface area contributed by atoms with Crippen LogP contribution in [0, 0.1) is 6.92 Å². The standard InChI is InChI=1S/C27H32N2O6S/c1-6-35-22-11-9-21(10-12-22)20(3)28-27(30)18-29(25-17-23(33-4)13-16-26(25)34-5)36(31,32)24-14-7-19(2)8-15-24/h7-17,20H,6,18H2,1-5H3,(H,28,30). The lowest BCUT2D eigenvalue weighted by Gasteiger charge is -2.27. The third kappa shape index (κ3) is 6.28. The molecule has 0 saturated heterocycles. The first-order valence-corrected chi connectivity index (χ1v) is 13.0. The molecule has 3 aromatic carbocycles. The van der Waals surface area contributed by atoms with Gasteiger partial charge in [-0.25, -0.2) is 8.42 Å². The predicted molar refractivity (Wildman–Crippen MR) is 139 cm³/mol. The van der Waals surface area contributed by atoms with E-state index in [4.69, 9.17) is 14.2 Å². The first-order valence-electron chi connectivity index (χ1n) is 11.5. The van der Waals surface area contributed by atoms with Crippen LogP contribution in [0.4, 0.5) is 5.69 Å². The molecule has 8 nitrogen and oxygen atoms in total. The monoisotopic (exact) mass is 512 g/mol. The Morgan fingerprint density at radius 3 is 2.17 bits per heavy atom. The zero-order chi connectivity index (χ0) is 26.3. The number of hydrogen-bond donors (Lipinski definition) is 1. The number of aryl methyl sites for hydroxylation is 1. The summed E-state index contributed by atoms with van der Waals surface area (Å²) in [7, 11) is -1.19. The highest BCUT2D eigenvalue weighted by Gasteiger charge is 2.30. The Kier molecular flexibility index (Phi) is 8.82. The van der Waals surface area contributed by atoms with Gasteiger partial charge in [-0.1, -0.05) is 29.8 Å². The third-order valence-electron chi connectivity index (χ3n) is 5.62. The minimum atomic E-state index is -4.12. The zero-order valence-electron chi connectivity index (χ0n) is 21.1. The number of rotatable bonds is 11. The number of ether oxygens (including phenoxy) is 3. The van der Waals surface area contributed by atoms with Gasteiger partial charge in [-0.2, -0.15) is 0 Å². The van der Waals surface area contributed by atoms with Gasteiger partial charge >= 0.3 is 0 Å². The van der Waals surface area contributed by atoms with Crippen LogP contribution >= 0.6 is 0 Å². The topological polar surface area (TPSA) is 94.2 Å². The summed E-state index contributed by atoms with van der Waals surface area (Å²) < 4.78 is 44.7. The highest BCUT2D eigenvalue weighted by molar-refractivity contribution is 7.92. The van der Waals surface area contributed by atoms with E-state index in [1.807, 2.05) is 45.0 Å². The molecule has 1 N–H and O–H groups in total. The molecule has 3 aromatic rings. The maximum atomic E-state index is 13.7. The van der Waals surface area contributed by atoms with Gasteiger partial charge in [-0.05, 0) is 62.7 Å². The summed E-state index contributed by atoms with van der Waals surface area (Å²) in [4.78, 5) is 13.2. The van der Waals surface area contributed by atoms with E-state index in [0.717, 1.165) is 21.2 Å². The first kappa shape index (κ1) is 26.9. The van der Waals surface area contributed by atoms with E-state index in [-0.39, 0.29) is 16.6 Å². The molecule has 3 rings (SSSR count). The number of hydrogen-bond acceptors (Lipinski definition) is 6. The number of anilines is 1. The Balaban J connectivity index is 1.94. The lowest BCUT2D eigenvalue weighted by Crippen LogP contribution is -2.41. The second kappa shape index (κ2) is 11.8. The quantitative estimate of drug-likeness (QED) is 0.407. The molecule has 9 heteroatoms. The summed E-state index contributed by atoms with van der Waals surface area (Å²) in [6.07, 6.45) is 0. The SMILES string of the molecule is CCOc1ccc(C(C)NC(=O)CN(c2cc(OC)ccc2OC)S(=O)(=O)c2ccc(C)cc2)cc1. The summed E-state index contributed by atoms with van der Waals surface area (Å²) in [5.74, 6) is 0.981. The predicted octanol–water partition coefficient (Wildman–Crippen LogP) is 4.48. The van der Waals surface area contributed by atoms with Gasteiger partial charge in [0, 0.05) is 6.07 Å². The largest absolute Gasteiger partial charge is 0.497 e. The van der Waals surface area contributed by atoms with Crippen LogP contribution in [0.15, 0.2) is 71.6 Å². The van der Waals surface area contributed by atoms with Crippen molar-refractivity contribution in [2.45, 2.75) is 31.7 Å². The maximum absolute atomic E-state index is 13.7. The highest BCUT2D eigenvalue weighted by atomic mass is 32.2. The second-order valence-corrected chi connectivity index (χ2v) is 10.0. The summed E-state index contributed by atoms with van der Waals surface area (Å²) in [5, 5.41) is 2.89. The Bertz CT molecular complexity index is 1270. The van der Waals surface area contributed by atoms with Gasteiger partial charge in [0.1, 0.15) is 23.8 Å². The number of sulfonamides is 1. The van der Waals surface area contributed by atoms with Crippen molar-refractivity contribution in [1.82, 2.24) is 5.32 Å². The number of carbonyl (C=O) groups excluding carboxylic acids is 1. The van der Waals surface area contributed by atoms with E-state index in [1.165, 1.54) is 32.4 Å². The Morgan fingerprint density at radius 1 is 0.944 bits per heavy atom. The molecule has 0 aliphatic carbocycles. The smallest absolute Gasteiger partial charge is 0.264 e. The number of carbonyl (C=O) groups is 1. The average molecular weight is 513 g/mol. The van der Waals surface area contributed by atoms with E-state index in [0.29, 0.717) is 18.1 Å². The van der Waals surface area contributed by atoms with E-state index in [1.54, 1.807) is 24.3 Å². The Morgan fingerprint density at radius 2 is 1.58 bits per heavy atom. The van der Waals surface area contributed by atoms with Crippen molar-refractivity contribution in [2.24, 2.45) is 0 Å². The fourth-order valence-corrected chi connectivity index (χ4v) is 5.07. The summed E-state index contributed by atoms with van der Waals surface area (Å²) in [5.41, 5.74) is 1.97. The summed E-state index contributed by atoms with van der Waals surface area (Å²) in [6.45, 7) is 5.71. The number of benzene rings is 3. The molecule has 0 heterocycles. The Hall–Kier alpha value is -3.72. The van der Waals surface area contributed by atoms with Crippen molar-refractivity contribution >= 4 is 21.6 Å². The molecular formula is C27H32N2O6S. The molecule has 0 fully saturated rings. The number of nitrogens with one attached hydrogen (secondary N) is 1. The van der Waals surface area contributed by atoms with Gasteiger partial charge in [0.15, 0.2) is 0 Å². The normalized spacial score (nSPS) is 11.9. The van der Waals surface area contributed by atoms with Crippen LogP contribution in [-0.4, -0.2) is 41.7 Å². The molecule has 0 aliphatic heterocycles. The zero-order valence-corrected chi connectivity index (χ0v) is 22.0. The molecule has 1 atom stereocenters. The number of methoxy groups -OCH3 is 2. The highest BCUT2D eigenvalue weighted by Crippen LogP contribution is 2.35. The van der Waals surface area contributed by atoms with Crippen LogP contribution in [0.3, 0.4) is 0 Å². The van der Waals surface area contributed by atoms with E-state index >= 15 is 0 Å². The minimum Gasteiger partial charge on any atom is -0.497 e. The lowest BCUT2D eigenvalue weighted by atomic mass is 10.1. The van der Waals surface area contributed by atoms with Gasteiger partial charge in [-0.15, -0.1) is 0 Å². The number of amides is 1. The van der Waals surface area contributed by atoms with Crippen LogP contribution in [0.2, 0.25) is 0 Å².